The zero-order valence-corrected chi connectivity index (χ0v) is 20.4. The van der Waals surface area contributed by atoms with E-state index >= 15 is 0 Å². The maximum atomic E-state index is 13.1. The van der Waals surface area contributed by atoms with Crippen LogP contribution in [0.2, 0.25) is 0 Å². The van der Waals surface area contributed by atoms with E-state index in [1.165, 1.54) is 23.9 Å². The number of sulfonamides is 1. The first-order valence-electron chi connectivity index (χ1n) is 10.8. The molecular weight excluding hydrogens is 472 g/mol. The fourth-order valence-corrected chi connectivity index (χ4v) is 5.19. The maximum Gasteiger partial charge on any atom is 0.261 e. The van der Waals surface area contributed by atoms with E-state index in [1.54, 1.807) is 35.2 Å². The van der Waals surface area contributed by atoms with Crippen molar-refractivity contribution in [3.05, 3.63) is 83.9 Å². The van der Waals surface area contributed by atoms with Gasteiger partial charge < -0.3 is 14.4 Å². The summed E-state index contributed by atoms with van der Waals surface area (Å²) in [7, 11) is -3.89. The number of thioether (sulfide) groups is 1. The molecule has 3 aromatic rings. The van der Waals surface area contributed by atoms with Gasteiger partial charge in [-0.3, -0.25) is 9.52 Å². The van der Waals surface area contributed by atoms with Crippen molar-refractivity contribution in [2.45, 2.75) is 16.4 Å². The number of rotatable bonds is 8. The van der Waals surface area contributed by atoms with Crippen LogP contribution in [0.1, 0.15) is 15.9 Å². The third kappa shape index (κ3) is 5.91. The smallest absolute Gasteiger partial charge is 0.261 e. The Labute approximate surface area is 204 Å². The van der Waals surface area contributed by atoms with Crippen LogP contribution in [0.15, 0.2) is 82.6 Å². The van der Waals surface area contributed by atoms with E-state index in [9.17, 15) is 13.2 Å². The molecule has 0 saturated carbocycles. The Morgan fingerprint density at radius 1 is 1.03 bits per heavy atom. The summed E-state index contributed by atoms with van der Waals surface area (Å²) in [5, 5.41) is 0. The van der Waals surface area contributed by atoms with Crippen molar-refractivity contribution >= 4 is 33.4 Å². The third-order valence-corrected chi connectivity index (χ3v) is 7.54. The lowest BCUT2D eigenvalue weighted by atomic mass is 10.2. The quantitative estimate of drug-likeness (QED) is 0.467. The maximum absolute atomic E-state index is 13.1. The van der Waals surface area contributed by atoms with E-state index in [1.807, 2.05) is 36.6 Å². The number of ether oxygens (including phenoxy) is 2. The second-order valence-electron chi connectivity index (χ2n) is 7.67. The van der Waals surface area contributed by atoms with Gasteiger partial charge in [0.2, 0.25) is 0 Å². The Hall–Kier alpha value is -3.01. The number of hydrogen-bond acceptors (Lipinski definition) is 6. The van der Waals surface area contributed by atoms with Gasteiger partial charge in [-0.15, -0.1) is 11.8 Å². The van der Waals surface area contributed by atoms with Gasteiger partial charge in [-0.2, -0.15) is 0 Å². The first-order chi connectivity index (χ1) is 16.5. The second-order valence-corrected chi connectivity index (χ2v) is 10.2. The summed E-state index contributed by atoms with van der Waals surface area (Å²) >= 11 is 1.41. The molecule has 4 rings (SSSR count). The van der Waals surface area contributed by atoms with E-state index < -0.39 is 10.0 Å². The van der Waals surface area contributed by atoms with E-state index in [0.29, 0.717) is 49.9 Å². The molecule has 0 radical (unpaired) electrons. The molecule has 34 heavy (non-hydrogen) atoms. The van der Waals surface area contributed by atoms with Gasteiger partial charge >= 0.3 is 0 Å². The number of nitrogens with one attached hydrogen (secondary N) is 1. The summed E-state index contributed by atoms with van der Waals surface area (Å²) in [4.78, 5) is 15.5. The second kappa shape index (κ2) is 10.9. The first kappa shape index (κ1) is 24.1. The molecule has 178 valence electrons. The molecule has 9 heteroatoms. The van der Waals surface area contributed by atoms with Crippen molar-refractivity contribution in [3.8, 4) is 5.75 Å². The summed E-state index contributed by atoms with van der Waals surface area (Å²) in [6, 6.07) is 21.1. The predicted octanol–water partition coefficient (Wildman–Crippen LogP) is 4.26. The zero-order chi connectivity index (χ0) is 24.0. The predicted molar refractivity (Wildman–Crippen MR) is 133 cm³/mol. The SMILES string of the molecule is CSc1ccc(S(=O)(=O)Nc2ccc(OCc3ccccc3)cc2)cc1C(=O)N1CCOCC1. The fourth-order valence-electron chi connectivity index (χ4n) is 3.53. The highest BCUT2D eigenvalue weighted by atomic mass is 32.2. The summed E-state index contributed by atoms with van der Waals surface area (Å²) in [5.74, 6) is 0.444. The topological polar surface area (TPSA) is 84.9 Å². The van der Waals surface area contributed by atoms with Crippen LogP contribution in [-0.2, 0) is 21.4 Å². The molecule has 1 N–H and O–H groups in total. The van der Waals surface area contributed by atoms with Gasteiger partial charge in [0.25, 0.3) is 15.9 Å². The van der Waals surface area contributed by atoms with Crippen LogP contribution in [0.5, 0.6) is 5.75 Å². The summed E-state index contributed by atoms with van der Waals surface area (Å²) < 4.78 is 39.8. The largest absolute Gasteiger partial charge is 0.489 e. The fraction of sp³-hybridized carbons (Fsp3) is 0.240. The van der Waals surface area contributed by atoms with E-state index in [4.69, 9.17) is 9.47 Å². The molecular formula is C25H26N2O5S2. The number of carbonyl (C=O) groups excluding carboxylic acids is 1. The summed E-state index contributed by atoms with van der Waals surface area (Å²) in [6.07, 6.45) is 1.86. The van der Waals surface area contributed by atoms with Crippen LogP contribution in [0.3, 0.4) is 0 Å². The molecule has 0 aliphatic carbocycles. The molecule has 7 nitrogen and oxygen atoms in total. The van der Waals surface area contributed by atoms with Crippen LogP contribution in [0.4, 0.5) is 5.69 Å². The molecule has 0 spiro atoms. The van der Waals surface area contributed by atoms with Gasteiger partial charge in [-0.05, 0) is 54.3 Å². The number of carbonyl (C=O) groups is 1. The minimum atomic E-state index is -3.89. The molecule has 1 fully saturated rings. The van der Waals surface area contributed by atoms with Gasteiger partial charge in [0.15, 0.2) is 0 Å². The van der Waals surface area contributed by atoms with Crippen molar-refractivity contribution in [1.82, 2.24) is 4.90 Å². The molecule has 0 atom stereocenters. The number of nitrogens with zero attached hydrogens (tertiary/aromatic N) is 1. The Morgan fingerprint density at radius 3 is 2.41 bits per heavy atom. The number of amides is 1. The zero-order valence-electron chi connectivity index (χ0n) is 18.8. The molecule has 1 aliphatic rings. The molecule has 3 aromatic carbocycles. The molecule has 0 bridgehead atoms. The van der Waals surface area contributed by atoms with Gasteiger partial charge in [-0.1, -0.05) is 30.3 Å². The van der Waals surface area contributed by atoms with Crippen LogP contribution >= 0.6 is 11.8 Å². The lowest BCUT2D eigenvalue weighted by molar-refractivity contribution is 0.0300. The van der Waals surface area contributed by atoms with E-state index in [2.05, 4.69) is 4.72 Å². The van der Waals surface area contributed by atoms with Crippen molar-refractivity contribution in [1.29, 1.82) is 0 Å². The van der Waals surface area contributed by atoms with Gasteiger partial charge in [0, 0.05) is 23.7 Å². The van der Waals surface area contributed by atoms with E-state index in [0.717, 1.165) is 10.5 Å². The van der Waals surface area contributed by atoms with Crippen molar-refractivity contribution in [3.63, 3.8) is 0 Å². The highest BCUT2D eigenvalue weighted by Gasteiger charge is 2.24. The summed E-state index contributed by atoms with van der Waals surface area (Å²) in [5.41, 5.74) is 1.83. The number of hydrogen-bond donors (Lipinski definition) is 1. The number of anilines is 1. The third-order valence-electron chi connectivity index (χ3n) is 5.36. The van der Waals surface area contributed by atoms with Crippen LogP contribution in [0, 0.1) is 0 Å². The van der Waals surface area contributed by atoms with Gasteiger partial charge in [0.1, 0.15) is 12.4 Å². The first-order valence-corrected chi connectivity index (χ1v) is 13.5. The molecule has 1 aliphatic heterocycles. The van der Waals surface area contributed by atoms with Crippen molar-refractivity contribution < 1.29 is 22.7 Å². The average Bonchev–Trinajstić information content (AvgIpc) is 2.88. The van der Waals surface area contributed by atoms with Crippen molar-refractivity contribution in [2.24, 2.45) is 0 Å². The highest BCUT2D eigenvalue weighted by molar-refractivity contribution is 7.98. The van der Waals surface area contributed by atoms with Crippen LogP contribution < -0.4 is 9.46 Å². The van der Waals surface area contributed by atoms with Crippen LogP contribution in [-0.4, -0.2) is 51.8 Å². The molecule has 0 aromatic heterocycles. The average molecular weight is 499 g/mol. The minimum Gasteiger partial charge on any atom is -0.489 e. The highest BCUT2D eigenvalue weighted by Crippen LogP contribution is 2.27. The Kier molecular flexibility index (Phi) is 7.77. The molecule has 0 unspecified atom stereocenters. The Balaban J connectivity index is 1.47. The lowest BCUT2D eigenvalue weighted by Gasteiger charge is -2.27. The van der Waals surface area contributed by atoms with Crippen LogP contribution in [0.25, 0.3) is 0 Å². The van der Waals surface area contributed by atoms with Crippen molar-refractivity contribution in [2.75, 3.05) is 37.3 Å². The Morgan fingerprint density at radius 2 is 1.74 bits per heavy atom. The molecule has 1 saturated heterocycles. The standard InChI is InChI=1S/C25H26N2O5S2/c1-33-24-12-11-22(17-23(24)25(28)27-13-15-31-16-14-27)34(29,30)26-20-7-9-21(10-8-20)32-18-19-5-3-2-4-6-19/h2-12,17,26H,13-16,18H2,1H3. The van der Waals surface area contributed by atoms with Gasteiger partial charge in [-0.25, -0.2) is 8.42 Å². The number of morpholine rings is 1. The Bertz CT molecular complexity index is 1230. The van der Waals surface area contributed by atoms with Gasteiger partial charge in [0.05, 0.1) is 23.7 Å². The molecule has 1 amide bonds. The summed E-state index contributed by atoms with van der Waals surface area (Å²) in [6.45, 7) is 2.35. The lowest BCUT2D eigenvalue weighted by Crippen LogP contribution is -2.40. The normalized spacial score (nSPS) is 14.0. The van der Waals surface area contributed by atoms with E-state index in [-0.39, 0.29) is 10.8 Å². The molecule has 1 heterocycles. The minimum absolute atomic E-state index is 0.0336. The number of benzene rings is 3. The monoisotopic (exact) mass is 498 g/mol.